The first-order chi connectivity index (χ1) is 9.58. The maximum atomic E-state index is 6.01. The predicted molar refractivity (Wildman–Crippen MR) is 84.5 cm³/mol. The summed E-state index contributed by atoms with van der Waals surface area (Å²) in [6.07, 6.45) is 0. The van der Waals surface area contributed by atoms with Crippen LogP contribution in [0.2, 0.25) is 5.02 Å². The molecule has 0 aliphatic rings. The monoisotopic (exact) mass is 290 g/mol. The van der Waals surface area contributed by atoms with E-state index in [2.05, 4.69) is 26.3 Å². The van der Waals surface area contributed by atoms with Crippen LogP contribution in [0.15, 0.2) is 30.3 Å². The highest BCUT2D eigenvalue weighted by Crippen LogP contribution is 2.18. The van der Waals surface area contributed by atoms with Gasteiger partial charge in [0, 0.05) is 31.2 Å². The van der Waals surface area contributed by atoms with Gasteiger partial charge in [0.25, 0.3) is 0 Å². The molecule has 2 aromatic rings. The molecule has 0 aliphatic heterocycles. The molecule has 0 spiro atoms. The molecule has 1 N–H and O–H groups in total. The Labute approximate surface area is 124 Å². The van der Waals surface area contributed by atoms with Crippen LogP contribution >= 0.6 is 11.6 Å². The van der Waals surface area contributed by atoms with Crippen LogP contribution in [0, 0.1) is 6.92 Å². The van der Waals surface area contributed by atoms with Crippen LogP contribution in [0.3, 0.4) is 0 Å². The van der Waals surface area contributed by atoms with E-state index in [1.165, 1.54) is 0 Å². The predicted octanol–water partition coefficient (Wildman–Crippen LogP) is 3.51. The summed E-state index contributed by atoms with van der Waals surface area (Å²) >= 11 is 6.01. The second-order valence-corrected chi connectivity index (χ2v) is 5.11. The van der Waals surface area contributed by atoms with E-state index in [1.54, 1.807) is 0 Å². The lowest BCUT2D eigenvalue weighted by atomic mass is 10.2. The lowest BCUT2D eigenvalue weighted by Gasteiger charge is -2.19. The van der Waals surface area contributed by atoms with Crippen LogP contribution in [0.4, 0.5) is 11.6 Å². The first-order valence-corrected chi connectivity index (χ1v) is 7.01. The minimum Gasteiger partial charge on any atom is -0.370 e. The molecule has 106 valence electrons. The minimum atomic E-state index is 0.753. The van der Waals surface area contributed by atoms with Gasteiger partial charge < -0.3 is 10.2 Å². The molecule has 0 fully saturated rings. The van der Waals surface area contributed by atoms with Crippen LogP contribution < -0.4 is 10.2 Å². The van der Waals surface area contributed by atoms with Crippen molar-refractivity contribution in [3.63, 3.8) is 0 Å². The summed E-state index contributed by atoms with van der Waals surface area (Å²) in [5.74, 6) is 2.51. The highest BCUT2D eigenvalue weighted by atomic mass is 35.5. The van der Waals surface area contributed by atoms with Crippen molar-refractivity contribution in [3.8, 4) is 0 Å². The van der Waals surface area contributed by atoms with E-state index in [0.717, 1.165) is 41.1 Å². The number of nitrogens with zero attached hydrogens (tertiary/aromatic N) is 3. The number of aryl methyl sites for hydroxylation is 1. The van der Waals surface area contributed by atoms with Gasteiger partial charge >= 0.3 is 0 Å². The lowest BCUT2D eigenvalue weighted by Crippen LogP contribution is -2.19. The van der Waals surface area contributed by atoms with Gasteiger partial charge in [-0.3, -0.25) is 0 Å². The SMILES string of the molecule is CCNc1cc(N(C)Cc2cccc(Cl)c2)nc(C)n1. The van der Waals surface area contributed by atoms with E-state index in [4.69, 9.17) is 11.6 Å². The molecule has 2 rings (SSSR count). The second-order valence-electron chi connectivity index (χ2n) is 4.67. The third-order valence-electron chi connectivity index (χ3n) is 2.88. The van der Waals surface area contributed by atoms with Crippen LogP contribution in [0.1, 0.15) is 18.3 Å². The molecule has 4 nitrogen and oxygen atoms in total. The van der Waals surface area contributed by atoms with Crippen molar-refractivity contribution in [2.24, 2.45) is 0 Å². The summed E-state index contributed by atoms with van der Waals surface area (Å²) in [4.78, 5) is 10.9. The quantitative estimate of drug-likeness (QED) is 0.915. The van der Waals surface area contributed by atoms with Gasteiger partial charge in [-0.1, -0.05) is 23.7 Å². The van der Waals surface area contributed by atoms with Gasteiger partial charge in [-0.15, -0.1) is 0 Å². The van der Waals surface area contributed by atoms with Gasteiger partial charge in [0.2, 0.25) is 0 Å². The first kappa shape index (κ1) is 14.6. The number of anilines is 2. The second kappa shape index (κ2) is 6.57. The Hall–Kier alpha value is -1.81. The molecule has 1 aromatic carbocycles. The van der Waals surface area contributed by atoms with Gasteiger partial charge in [0.15, 0.2) is 0 Å². The van der Waals surface area contributed by atoms with Gasteiger partial charge in [-0.2, -0.15) is 0 Å². The summed E-state index contributed by atoms with van der Waals surface area (Å²) in [5, 5.41) is 3.97. The number of hydrogen-bond donors (Lipinski definition) is 1. The average Bonchev–Trinajstić information content (AvgIpc) is 2.38. The summed E-state index contributed by atoms with van der Waals surface area (Å²) in [7, 11) is 2.01. The van der Waals surface area contributed by atoms with Crippen LogP contribution in [0.25, 0.3) is 0 Å². The lowest BCUT2D eigenvalue weighted by molar-refractivity contribution is 0.879. The Morgan fingerprint density at radius 3 is 2.75 bits per heavy atom. The zero-order valence-electron chi connectivity index (χ0n) is 12.0. The van der Waals surface area contributed by atoms with Crippen molar-refractivity contribution < 1.29 is 0 Å². The molecule has 0 aliphatic carbocycles. The molecule has 0 bridgehead atoms. The number of hydrogen-bond acceptors (Lipinski definition) is 4. The third kappa shape index (κ3) is 3.84. The molecule has 0 unspecified atom stereocenters. The smallest absolute Gasteiger partial charge is 0.134 e. The molecular formula is C15H19ClN4. The van der Waals surface area contributed by atoms with E-state index < -0.39 is 0 Å². The van der Waals surface area contributed by atoms with Gasteiger partial charge in [-0.25, -0.2) is 9.97 Å². The molecule has 0 saturated carbocycles. The Morgan fingerprint density at radius 2 is 2.05 bits per heavy atom. The Bertz CT molecular complexity index is 586. The molecule has 0 amide bonds. The fourth-order valence-electron chi connectivity index (χ4n) is 2.01. The van der Waals surface area contributed by atoms with Crippen molar-refractivity contribution in [1.82, 2.24) is 9.97 Å². The van der Waals surface area contributed by atoms with Crippen LogP contribution in [0.5, 0.6) is 0 Å². The van der Waals surface area contributed by atoms with Crippen molar-refractivity contribution in [3.05, 3.63) is 46.7 Å². The largest absolute Gasteiger partial charge is 0.370 e. The topological polar surface area (TPSA) is 41.0 Å². The van der Waals surface area contributed by atoms with Crippen molar-refractivity contribution in [2.45, 2.75) is 20.4 Å². The molecule has 0 atom stereocenters. The van der Waals surface area contributed by atoms with Gasteiger partial charge in [-0.05, 0) is 31.5 Å². The molecule has 1 heterocycles. The maximum absolute atomic E-state index is 6.01. The van der Waals surface area contributed by atoms with E-state index in [-0.39, 0.29) is 0 Å². The maximum Gasteiger partial charge on any atom is 0.134 e. The fraction of sp³-hybridized carbons (Fsp3) is 0.333. The average molecular weight is 291 g/mol. The molecule has 20 heavy (non-hydrogen) atoms. The van der Waals surface area contributed by atoms with Crippen LogP contribution in [-0.2, 0) is 6.54 Å². The number of benzene rings is 1. The highest BCUT2D eigenvalue weighted by Gasteiger charge is 2.07. The Balaban J connectivity index is 2.18. The zero-order chi connectivity index (χ0) is 14.5. The summed E-state index contributed by atoms with van der Waals surface area (Å²) in [6, 6.07) is 9.82. The number of nitrogens with one attached hydrogen (secondary N) is 1. The fourth-order valence-corrected chi connectivity index (χ4v) is 2.22. The summed E-state index contributed by atoms with van der Waals surface area (Å²) in [6.45, 7) is 5.54. The van der Waals surface area contributed by atoms with Gasteiger partial charge in [0.1, 0.15) is 17.5 Å². The van der Waals surface area contributed by atoms with E-state index in [9.17, 15) is 0 Å². The first-order valence-electron chi connectivity index (χ1n) is 6.63. The van der Waals surface area contributed by atoms with E-state index >= 15 is 0 Å². The van der Waals surface area contributed by atoms with Crippen LogP contribution in [-0.4, -0.2) is 23.6 Å². The number of rotatable bonds is 5. The number of aromatic nitrogens is 2. The van der Waals surface area contributed by atoms with E-state index in [1.807, 2.05) is 45.2 Å². The van der Waals surface area contributed by atoms with E-state index in [0.29, 0.717) is 0 Å². The van der Waals surface area contributed by atoms with Crippen molar-refractivity contribution >= 4 is 23.2 Å². The summed E-state index contributed by atoms with van der Waals surface area (Å²) < 4.78 is 0. The normalized spacial score (nSPS) is 10.4. The Morgan fingerprint density at radius 1 is 1.25 bits per heavy atom. The van der Waals surface area contributed by atoms with Crippen molar-refractivity contribution in [2.75, 3.05) is 23.8 Å². The summed E-state index contributed by atoms with van der Waals surface area (Å²) in [5.41, 5.74) is 1.15. The molecule has 5 heteroatoms. The third-order valence-corrected chi connectivity index (χ3v) is 3.12. The Kier molecular flexibility index (Phi) is 4.79. The van der Waals surface area contributed by atoms with Gasteiger partial charge in [0.05, 0.1) is 0 Å². The molecular weight excluding hydrogens is 272 g/mol. The zero-order valence-corrected chi connectivity index (χ0v) is 12.8. The number of halogens is 1. The highest BCUT2D eigenvalue weighted by molar-refractivity contribution is 6.30. The molecule has 0 saturated heterocycles. The molecule has 0 radical (unpaired) electrons. The standard InChI is InChI=1S/C15H19ClN4/c1-4-17-14-9-15(19-11(2)18-14)20(3)10-12-6-5-7-13(16)8-12/h5-9H,4,10H2,1-3H3,(H,17,18,19). The minimum absolute atomic E-state index is 0.753. The molecule has 1 aromatic heterocycles. The van der Waals surface area contributed by atoms with Crippen molar-refractivity contribution in [1.29, 1.82) is 0 Å².